The van der Waals surface area contributed by atoms with Crippen LogP contribution in [0.2, 0.25) is 0 Å². The van der Waals surface area contributed by atoms with Crippen molar-refractivity contribution in [2.75, 3.05) is 25.7 Å². The summed E-state index contributed by atoms with van der Waals surface area (Å²) in [7, 11) is 3.21. The molecular formula is C23H20FN3O3S. The Morgan fingerprint density at radius 3 is 2.55 bits per heavy atom. The fourth-order valence-corrected chi connectivity index (χ4v) is 5.19. The molecule has 0 bridgehead atoms. The molecule has 0 aliphatic carbocycles. The summed E-state index contributed by atoms with van der Waals surface area (Å²) in [5.41, 5.74) is 3.36. The minimum absolute atomic E-state index is 0.268. The van der Waals surface area contributed by atoms with Crippen molar-refractivity contribution in [1.82, 2.24) is 9.97 Å². The molecule has 1 atom stereocenters. The summed E-state index contributed by atoms with van der Waals surface area (Å²) < 4.78 is 25.3. The zero-order valence-corrected chi connectivity index (χ0v) is 17.8. The number of hydrogen-bond acceptors (Lipinski definition) is 7. The van der Waals surface area contributed by atoms with E-state index in [1.54, 1.807) is 37.7 Å². The number of methoxy groups -OCH3 is 2. The average molecular weight is 437 g/mol. The Labute approximate surface area is 182 Å². The van der Waals surface area contributed by atoms with Gasteiger partial charge in [0.25, 0.3) is 0 Å². The highest BCUT2D eigenvalue weighted by Gasteiger charge is 2.31. The SMILES string of the molecule is COc1ccc(OC)c2c1CN(c1ncnc3cc(-c4ccc(F)cc4)sc13)C[C@@H]2O. The van der Waals surface area contributed by atoms with Crippen LogP contribution in [0.1, 0.15) is 17.2 Å². The Bertz CT molecular complexity index is 1260. The van der Waals surface area contributed by atoms with Crippen LogP contribution in [0.3, 0.4) is 0 Å². The molecule has 1 aliphatic rings. The Morgan fingerprint density at radius 2 is 1.81 bits per heavy atom. The maximum atomic E-state index is 13.3. The van der Waals surface area contributed by atoms with Crippen molar-refractivity contribution in [3.63, 3.8) is 0 Å². The van der Waals surface area contributed by atoms with Crippen LogP contribution in [0.5, 0.6) is 11.5 Å². The van der Waals surface area contributed by atoms with Gasteiger partial charge in [0.15, 0.2) is 0 Å². The lowest BCUT2D eigenvalue weighted by Gasteiger charge is -2.34. The summed E-state index contributed by atoms with van der Waals surface area (Å²) in [5, 5.41) is 11.0. The van der Waals surface area contributed by atoms with E-state index in [1.807, 2.05) is 23.1 Å². The van der Waals surface area contributed by atoms with Gasteiger partial charge in [0.2, 0.25) is 0 Å². The number of ether oxygens (including phenoxy) is 2. The van der Waals surface area contributed by atoms with E-state index in [9.17, 15) is 9.50 Å². The van der Waals surface area contributed by atoms with Gasteiger partial charge in [0.1, 0.15) is 35.6 Å². The summed E-state index contributed by atoms with van der Waals surface area (Å²) in [6.07, 6.45) is 0.777. The number of fused-ring (bicyclic) bond motifs is 2. The van der Waals surface area contributed by atoms with Crippen LogP contribution >= 0.6 is 11.3 Å². The van der Waals surface area contributed by atoms with Crippen molar-refractivity contribution in [3.05, 3.63) is 65.7 Å². The van der Waals surface area contributed by atoms with E-state index >= 15 is 0 Å². The van der Waals surface area contributed by atoms with E-state index in [0.29, 0.717) is 24.6 Å². The molecule has 0 saturated heterocycles. The van der Waals surface area contributed by atoms with Crippen LogP contribution in [-0.2, 0) is 6.54 Å². The van der Waals surface area contributed by atoms with E-state index in [2.05, 4.69) is 9.97 Å². The predicted molar refractivity (Wildman–Crippen MR) is 118 cm³/mol. The number of nitrogens with zero attached hydrogens (tertiary/aromatic N) is 3. The fraction of sp³-hybridized carbons (Fsp3) is 0.217. The van der Waals surface area contributed by atoms with E-state index in [0.717, 1.165) is 37.6 Å². The first-order valence-corrected chi connectivity index (χ1v) is 10.6. The van der Waals surface area contributed by atoms with Gasteiger partial charge in [-0.25, -0.2) is 14.4 Å². The van der Waals surface area contributed by atoms with Crippen molar-refractivity contribution in [3.8, 4) is 21.9 Å². The Kier molecular flexibility index (Phi) is 4.95. The lowest BCUT2D eigenvalue weighted by atomic mass is 9.95. The van der Waals surface area contributed by atoms with E-state index in [4.69, 9.17) is 9.47 Å². The molecule has 5 rings (SSSR count). The normalized spacial score (nSPS) is 15.7. The molecule has 3 heterocycles. The zero-order valence-electron chi connectivity index (χ0n) is 17.0. The quantitative estimate of drug-likeness (QED) is 0.505. The minimum atomic E-state index is -0.754. The van der Waals surface area contributed by atoms with Gasteiger partial charge in [0, 0.05) is 22.5 Å². The molecule has 0 radical (unpaired) electrons. The molecule has 2 aromatic heterocycles. The maximum Gasteiger partial charge on any atom is 0.150 e. The second-order valence-corrected chi connectivity index (χ2v) is 8.34. The van der Waals surface area contributed by atoms with Crippen LogP contribution in [0.25, 0.3) is 20.7 Å². The number of benzene rings is 2. The van der Waals surface area contributed by atoms with Crippen LogP contribution < -0.4 is 14.4 Å². The Balaban J connectivity index is 1.58. The predicted octanol–water partition coefficient (Wildman–Crippen LogP) is 4.57. The molecule has 0 fully saturated rings. The van der Waals surface area contributed by atoms with Gasteiger partial charge in [-0.1, -0.05) is 12.1 Å². The molecule has 158 valence electrons. The molecule has 2 aromatic carbocycles. The van der Waals surface area contributed by atoms with Crippen molar-refractivity contribution in [1.29, 1.82) is 0 Å². The first-order valence-electron chi connectivity index (χ1n) is 9.76. The number of β-amino-alcohol motifs (C(OH)–C–C–N with tert-alkyl or cyclic N) is 1. The van der Waals surface area contributed by atoms with Gasteiger partial charge in [-0.15, -0.1) is 11.3 Å². The highest BCUT2D eigenvalue weighted by Crippen LogP contribution is 2.43. The minimum Gasteiger partial charge on any atom is -0.496 e. The Hall–Kier alpha value is -3.23. The third-order valence-electron chi connectivity index (χ3n) is 5.51. The molecule has 0 saturated carbocycles. The van der Waals surface area contributed by atoms with E-state index in [-0.39, 0.29) is 5.82 Å². The number of aliphatic hydroxyl groups is 1. The third-order valence-corrected chi connectivity index (χ3v) is 6.68. The van der Waals surface area contributed by atoms with Gasteiger partial charge < -0.3 is 19.5 Å². The lowest BCUT2D eigenvalue weighted by molar-refractivity contribution is 0.169. The van der Waals surface area contributed by atoms with Crippen LogP contribution in [0.4, 0.5) is 10.2 Å². The number of aromatic nitrogens is 2. The van der Waals surface area contributed by atoms with Crippen LogP contribution in [0, 0.1) is 5.82 Å². The van der Waals surface area contributed by atoms with Gasteiger partial charge in [-0.2, -0.15) is 0 Å². The standard InChI is InChI=1S/C23H20FN3O3S/c1-29-18-7-8-19(30-2)21-15(18)10-27(11-17(21)28)23-22-16(25-12-26-23)9-20(31-22)13-3-5-14(24)6-4-13/h3-9,12,17,28H,10-11H2,1-2H3/t17-/m0/s1. The summed E-state index contributed by atoms with van der Waals surface area (Å²) in [4.78, 5) is 12.0. The second-order valence-electron chi connectivity index (χ2n) is 7.29. The van der Waals surface area contributed by atoms with E-state index < -0.39 is 6.10 Å². The molecule has 8 heteroatoms. The smallest absolute Gasteiger partial charge is 0.150 e. The van der Waals surface area contributed by atoms with Crippen molar-refractivity contribution in [2.45, 2.75) is 12.6 Å². The average Bonchev–Trinajstić information content (AvgIpc) is 3.23. The van der Waals surface area contributed by atoms with Gasteiger partial charge in [-0.05, 0) is 35.9 Å². The maximum absolute atomic E-state index is 13.3. The van der Waals surface area contributed by atoms with Gasteiger partial charge in [-0.3, -0.25) is 0 Å². The first kappa shape index (κ1) is 19.7. The van der Waals surface area contributed by atoms with Gasteiger partial charge in [0.05, 0.1) is 31.0 Å². The number of anilines is 1. The molecule has 0 unspecified atom stereocenters. The number of aliphatic hydroxyl groups excluding tert-OH is 1. The largest absolute Gasteiger partial charge is 0.496 e. The second kappa shape index (κ2) is 7.79. The van der Waals surface area contributed by atoms with Gasteiger partial charge >= 0.3 is 0 Å². The third kappa shape index (κ3) is 3.37. The van der Waals surface area contributed by atoms with Crippen molar-refractivity contribution in [2.24, 2.45) is 0 Å². The monoisotopic (exact) mass is 437 g/mol. The topological polar surface area (TPSA) is 67.7 Å². The van der Waals surface area contributed by atoms with Crippen molar-refractivity contribution >= 4 is 27.4 Å². The molecule has 4 aromatic rings. The lowest BCUT2D eigenvalue weighted by Crippen LogP contribution is -2.34. The van der Waals surface area contributed by atoms with E-state index in [1.165, 1.54) is 18.5 Å². The number of hydrogen-bond donors (Lipinski definition) is 1. The molecule has 31 heavy (non-hydrogen) atoms. The highest BCUT2D eigenvalue weighted by molar-refractivity contribution is 7.22. The summed E-state index contributed by atoms with van der Waals surface area (Å²) in [5.74, 6) is 1.82. The number of rotatable bonds is 4. The van der Waals surface area contributed by atoms with Crippen LogP contribution in [0.15, 0.2) is 48.8 Å². The molecule has 1 aliphatic heterocycles. The first-order chi connectivity index (χ1) is 15.1. The van der Waals surface area contributed by atoms with Crippen molar-refractivity contribution < 1.29 is 19.0 Å². The fourth-order valence-electron chi connectivity index (χ4n) is 4.06. The zero-order chi connectivity index (χ0) is 21.5. The highest BCUT2D eigenvalue weighted by atomic mass is 32.1. The molecule has 6 nitrogen and oxygen atoms in total. The molecule has 0 amide bonds. The molecular weight excluding hydrogens is 417 g/mol. The summed E-state index contributed by atoms with van der Waals surface area (Å²) in [6.45, 7) is 0.884. The number of thiophene rings is 1. The molecule has 1 N–H and O–H groups in total. The number of halogens is 1. The van der Waals surface area contributed by atoms with Crippen LogP contribution in [-0.4, -0.2) is 35.8 Å². The Morgan fingerprint density at radius 1 is 1.06 bits per heavy atom. The summed E-state index contributed by atoms with van der Waals surface area (Å²) in [6, 6.07) is 12.1. The molecule has 0 spiro atoms. The summed E-state index contributed by atoms with van der Waals surface area (Å²) >= 11 is 1.55.